The molecule has 18 heavy (non-hydrogen) atoms. The van der Waals surface area contributed by atoms with Gasteiger partial charge in [0.05, 0.1) is 7.11 Å². The lowest BCUT2D eigenvalue weighted by Gasteiger charge is -2.24. The van der Waals surface area contributed by atoms with E-state index in [1.807, 2.05) is 0 Å². The van der Waals surface area contributed by atoms with Gasteiger partial charge < -0.3 is 15.4 Å². The van der Waals surface area contributed by atoms with Crippen LogP contribution in [0, 0.1) is 19.8 Å². The standard InChI is InChI=1S/C15H24N2O/c1-11-9-15(18-3)12(2)8-14(11)17-10-13-4-6-16-7-5-13/h8-9,13,16-17H,4-7,10H2,1-3H3. The predicted octanol–water partition coefficient (Wildman–Crippen LogP) is 2.72. The minimum absolute atomic E-state index is 0.799. The highest BCUT2D eigenvalue weighted by molar-refractivity contribution is 5.57. The Labute approximate surface area is 110 Å². The van der Waals surface area contributed by atoms with Crippen molar-refractivity contribution in [3.05, 3.63) is 23.3 Å². The minimum Gasteiger partial charge on any atom is -0.496 e. The van der Waals surface area contributed by atoms with E-state index in [0.29, 0.717) is 0 Å². The van der Waals surface area contributed by atoms with E-state index in [-0.39, 0.29) is 0 Å². The molecule has 1 aromatic rings. The van der Waals surface area contributed by atoms with Gasteiger partial charge in [0.2, 0.25) is 0 Å². The van der Waals surface area contributed by atoms with Gasteiger partial charge in [0.15, 0.2) is 0 Å². The summed E-state index contributed by atoms with van der Waals surface area (Å²) in [7, 11) is 1.73. The molecule has 1 saturated heterocycles. The summed E-state index contributed by atoms with van der Waals surface area (Å²) in [5.41, 5.74) is 3.69. The van der Waals surface area contributed by atoms with Crippen molar-refractivity contribution in [1.82, 2.24) is 5.32 Å². The lowest BCUT2D eigenvalue weighted by molar-refractivity contribution is 0.389. The van der Waals surface area contributed by atoms with Crippen LogP contribution in [0.5, 0.6) is 5.75 Å². The van der Waals surface area contributed by atoms with Crippen LogP contribution in [0.3, 0.4) is 0 Å². The monoisotopic (exact) mass is 248 g/mol. The first kappa shape index (κ1) is 13.2. The molecule has 1 heterocycles. The van der Waals surface area contributed by atoms with Crippen LogP contribution in [0.4, 0.5) is 5.69 Å². The number of aryl methyl sites for hydroxylation is 2. The summed E-state index contributed by atoms with van der Waals surface area (Å²) in [6.07, 6.45) is 2.56. The number of nitrogens with one attached hydrogen (secondary N) is 2. The van der Waals surface area contributed by atoms with E-state index >= 15 is 0 Å². The molecule has 0 aliphatic carbocycles. The number of hydrogen-bond donors (Lipinski definition) is 2. The fourth-order valence-electron chi connectivity index (χ4n) is 2.54. The van der Waals surface area contributed by atoms with E-state index in [1.54, 1.807) is 7.11 Å². The normalized spacial score (nSPS) is 16.6. The first-order valence-electron chi connectivity index (χ1n) is 6.80. The average Bonchev–Trinajstić information content (AvgIpc) is 2.40. The van der Waals surface area contributed by atoms with Crippen LogP contribution < -0.4 is 15.4 Å². The van der Waals surface area contributed by atoms with Gasteiger partial charge in [0, 0.05) is 12.2 Å². The molecule has 0 aromatic heterocycles. The first-order chi connectivity index (χ1) is 8.70. The fraction of sp³-hybridized carbons (Fsp3) is 0.600. The van der Waals surface area contributed by atoms with Crippen LogP contribution in [-0.4, -0.2) is 26.7 Å². The Morgan fingerprint density at radius 3 is 2.61 bits per heavy atom. The molecule has 0 amide bonds. The number of benzene rings is 1. The molecular formula is C15H24N2O. The van der Waals surface area contributed by atoms with Crippen LogP contribution in [0.2, 0.25) is 0 Å². The fourth-order valence-corrected chi connectivity index (χ4v) is 2.54. The van der Waals surface area contributed by atoms with Gasteiger partial charge in [0.25, 0.3) is 0 Å². The molecule has 3 nitrogen and oxygen atoms in total. The summed E-state index contributed by atoms with van der Waals surface area (Å²) in [6.45, 7) is 7.62. The Kier molecular flexibility index (Phi) is 4.48. The molecule has 0 saturated carbocycles. The summed E-state index contributed by atoms with van der Waals surface area (Å²) in [5, 5.41) is 7.00. The molecule has 2 rings (SSSR count). The third-order valence-corrected chi connectivity index (χ3v) is 3.78. The average molecular weight is 248 g/mol. The molecule has 1 aliphatic heterocycles. The van der Waals surface area contributed by atoms with Crippen molar-refractivity contribution in [3.8, 4) is 5.75 Å². The van der Waals surface area contributed by atoms with Crippen molar-refractivity contribution in [2.24, 2.45) is 5.92 Å². The molecular weight excluding hydrogens is 224 g/mol. The van der Waals surface area contributed by atoms with E-state index in [4.69, 9.17) is 4.74 Å². The molecule has 0 spiro atoms. The van der Waals surface area contributed by atoms with Gasteiger partial charge in [-0.25, -0.2) is 0 Å². The maximum atomic E-state index is 5.34. The van der Waals surface area contributed by atoms with Crippen molar-refractivity contribution < 1.29 is 4.74 Å². The Hall–Kier alpha value is -1.22. The number of hydrogen-bond acceptors (Lipinski definition) is 3. The van der Waals surface area contributed by atoms with Crippen LogP contribution in [0.25, 0.3) is 0 Å². The molecule has 3 heteroatoms. The molecule has 2 N–H and O–H groups in total. The maximum Gasteiger partial charge on any atom is 0.122 e. The zero-order chi connectivity index (χ0) is 13.0. The zero-order valence-electron chi connectivity index (χ0n) is 11.7. The summed E-state index contributed by atoms with van der Waals surface area (Å²) in [5.74, 6) is 1.77. The van der Waals surface area contributed by atoms with E-state index in [1.165, 1.54) is 29.7 Å². The Morgan fingerprint density at radius 1 is 1.22 bits per heavy atom. The summed E-state index contributed by atoms with van der Waals surface area (Å²) >= 11 is 0. The molecule has 0 atom stereocenters. The third-order valence-electron chi connectivity index (χ3n) is 3.78. The summed E-state index contributed by atoms with van der Waals surface area (Å²) in [4.78, 5) is 0. The molecule has 1 fully saturated rings. The highest BCUT2D eigenvalue weighted by Gasteiger charge is 2.13. The van der Waals surface area contributed by atoms with Gasteiger partial charge in [-0.2, -0.15) is 0 Å². The SMILES string of the molecule is COc1cc(C)c(NCC2CCNCC2)cc1C. The topological polar surface area (TPSA) is 33.3 Å². The van der Waals surface area contributed by atoms with Gasteiger partial charge >= 0.3 is 0 Å². The second kappa shape index (κ2) is 6.10. The Bertz CT molecular complexity index is 398. The van der Waals surface area contributed by atoms with Crippen molar-refractivity contribution in [2.45, 2.75) is 26.7 Å². The van der Waals surface area contributed by atoms with Crippen LogP contribution in [0.1, 0.15) is 24.0 Å². The highest BCUT2D eigenvalue weighted by Crippen LogP contribution is 2.26. The smallest absolute Gasteiger partial charge is 0.122 e. The molecule has 0 radical (unpaired) electrons. The number of ether oxygens (including phenoxy) is 1. The van der Waals surface area contributed by atoms with Gasteiger partial charge in [-0.3, -0.25) is 0 Å². The molecule has 0 unspecified atom stereocenters. The minimum atomic E-state index is 0.799. The molecule has 0 bridgehead atoms. The summed E-state index contributed by atoms with van der Waals surface area (Å²) in [6, 6.07) is 4.30. The van der Waals surface area contributed by atoms with E-state index < -0.39 is 0 Å². The summed E-state index contributed by atoms with van der Waals surface area (Å²) < 4.78 is 5.34. The van der Waals surface area contributed by atoms with E-state index in [0.717, 1.165) is 31.3 Å². The van der Waals surface area contributed by atoms with Crippen LogP contribution in [0.15, 0.2) is 12.1 Å². The predicted molar refractivity (Wildman–Crippen MR) is 76.6 cm³/mol. The van der Waals surface area contributed by atoms with Crippen molar-refractivity contribution in [1.29, 1.82) is 0 Å². The van der Waals surface area contributed by atoms with Crippen LogP contribution >= 0.6 is 0 Å². The van der Waals surface area contributed by atoms with Crippen molar-refractivity contribution in [3.63, 3.8) is 0 Å². The number of anilines is 1. The van der Waals surface area contributed by atoms with Crippen molar-refractivity contribution >= 4 is 5.69 Å². The van der Waals surface area contributed by atoms with E-state index in [9.17, 15) is 0 Å². The quantitative estimate of drug-likeness (QED) is 0.859. The zero-order valence-corrected chi connectivity index (χ0v) is 11.7. The van der Waals surface area contributed by atoms with Crippen LogP contribution in [-0.2, 0) is 0 Å². The Morgan fingerprint density at radius 2 is 1.94 bits per heavy atom. The lowest BCUT2D eigenvalue weighted by atomic mass is 9.98. The van der Waals surface area contributed by atoms with Gasteiger partial charge in [-0.15, -0.1) is 0 Å². The lowest BCUT2D eigenvalue weighted by Crippen LogP contribution is -2.31. The third kappa shape index (κ3) is 3.16. The molecule has 1 aromatic carbocycles. The number of methoxy groups -OCH3 is 1. The van der Waals surface area contributed by atoms with Gasteiger partial charge in [0.1, 0.15) is 5.75 Å². The Balaban J connectivity index is 1.98. The largest absolute Gasteiger partial charge is 0.496 e. The molecule has 1 aliphatic rings. The second-order valence-electron chi connectivity index (χ2n) is 5.21. The number of piperidine rings is 1. The second-order valence-corrected chi connectivity index (χ2v) is 5.21. The van der Waals surface area contributed by atoms with Gasteiger partial charge in [-0.05, 0) is 69.0 Å². The number of rotatable bonds is 4. The molecule has 100 valence electrons. The first-order valence-corrected chi connectivity index (χ1v) is 6.80. The highest BCUT2D eigenvalue weighted by atomic mass is 16.5. The maximum absolute atomic E-state index is 5.34. The van der Waals surface area contributed by atoms with E-state index in [2.05, 4.69) is 36.6 Å². The van der Waals surface area contributed by atoms with Crippen molar-refractivity contribution in [2.75, 3.05) is 32.1 Å². The van der Waals surface area contributed by atoms with Gasteiger partial charge in [-0.1, -0.05) is 0 Å².